The number of amides is 2. The van der Waals surface area contributed by atoms with E-state index >= 15 is 0 Å². The Morgan fingerprint density at radius 2 is 1.82 bits per heavy atom. The normalized spacial score (nSPS) is 15.6. The molecule has 1 N–H and O–H groups in total. The van der Waals surface area contributed by atoms with Gasteiger partial charge in [0.05, 0.1) is 10.6 Å². The van der Waals surface area contributed by atoms with E-state index in [-0.39, 0.29) is 28.7 Å². The molecule has 1 unspecified atom stereocenters. The van der Waals surface area contributed by atoms with Crippen molar-refractivity contribution in [2.45, 2.75) is 25.8 Å². The van der Waals surface area contributed by atoms with Crippen molar-refractivity contribution < 1.29 is 14.0 Å². The van der Waals surface area contributed by atoms with Crippen LogP contribution in [0.25, 0.3) is 0 Å². The minimum absolute atomic E-state index is 0.0120. The summed E-state index contributed by atoms with van der Waals surface area (Å²) < 4.78 is 14.1. The van der Waals surface area contributed by atoms with E-state index in [0.29, 0.717) is 29.0 Å². The van der Waals surface area contributed by atoms with Crippen molar-refractivity contribution in [2.24, 2.45) is 0 Å². The third-order valence-corrected chi connectivity index (χ3v) is 6.53. The minimum atomic E-state index is -0.327. The molecule has 176 valence electrons. The van der Waals surface area contributed by atoms with Gasteiger partial charge in [0.2, 0.25) is 0 Å². The Balaban J connectivity index is 1.61. The summed E-state index contributed by atoms with van der Waals surface area (Å²) in [6.07, 6.45) is 1.58. The van der Waals surface area contributed by atoms with Crippen LogP contribution in [0.2, 0.25) is 5.02 Å². The van der Waals surface area contributed by atoms with E-state index in [2.05, 4.69) is 5.32 Å². The van der Waals surface area contributed by atoms with Gasteiger partial charge < -0.3 is 15.1 Å². The van der Waals surface area contributed by atoms with E-state index in [1.165, 1.54) is 12.1 Å². The zero-order valence-electron chi connectivity index (χ0n) is 19.4. The predicted octanol–water partition coefficient (Wildman–Crippen LogP) is 6.08. The lowest BCUT2D eigenvalue weighted by molar-refractivity contribution is 0.0985. The lowest BCUT2D eigenvalue weighted by Crippen LogP contribution is -2.32. The Morgan fingerprint density at radius 1 is 1.06 bits per heavy atom. The first-order chi connectivity index (χ1) is 16.3. The smallest absolute Gasteiger partial charge is 0.259 e. The zero-order valence-corrected chi connectivity index (χ0v) is 20.2. The van der Waals surface area contributed by atoms with Gasteiger partial charge in [-0.2, -0.15) is 0 Å². The summed E-state index contributed by atoms with van der Waals surface area (Å²) in [5.74, 6) is -0.827. The van der Waals surface area contributed by atoms with Gasteiger partial charge in [0, 0.05) is 29.5 Å². The number of carbonyl (C=O) groups is 2. The lowest BCUT2D eigenvalue weighted by atomic mass is 10.0. The van der Waals surface area contributed by atoms with Crippen LogP contribution in [0.4, 0.5) is 15.8 Å². The number of halogens is 2. The Hall–Kier alpha value is -3.22. The molecule has 1 aliphatic heterocycles. The van der Waals surface area contributed by atoms with Crippen LogP contribution in [0.15, 0.2) is 60.7 Å². The first kappa shape index (κ1) is 23.9. The first-order valence-corrected chi connectivity index (χ1v) is 11.6. The van der Waals surface area contributed by atoms with Gasteiger partial charge >= 0.3 is 0 Å². The first-order valence-electron chi connectivity index (χ1n) is 11.2. The van der Waals surface area contributed by atoms with Crippen LogP contribution in [0.1, 0.15) is 50.7 Å². The van der Waals surface area contributed by atoms with Gasteiger partial charge in [-0.25, -0.2) is 4.39 Å². The van der Waals surface area contributed by atoms with Gasteiger partial charge in [0.1, 0.15) is 5.82 Å². The molecule has 0 spiro atoms. The quantitative estimate of drug-likeness (QED) is 0.493. The molecule has 4 rings (SSSR count). The van der Waals surface area contributed by atoms with Gasteiger partial charge in [-0.3, -0.25) is 9.59 Å². The third kappa shape index (κ3) is 4.83. The number of nitrogens with one attached hydrogen (secondary N) is 1. The van der Waals surface area contributed by atoms with Crippen molar-refractivity contribution in [2.75, 3.05) is 30.9 Å². The van der Waals surface area contributed by atoms with Crippen molar-refractivity contribution in [1.82, 2.24) is 4.90 Å². The highest BCUT2D eigenvalue weighted by molar-refractivity contribution is 6.35. The molecular formula is C27H27ClFN3O2. The van der Waals surface area contributed by atoms with Crippen molar-refractivity contribution in [3.63, 3.8) is 0 Å². The van der Waals surface area contributed by atoms with Crippen molar-refractivity contribution in [3.8, 4) is 0 Å². The van der Waals surface area contributed by atoms with Crippen LogP contribution in [0.3, 0.4) is 0 Å². The molecule has 0 saturated carbocycles. The van der Waals surface area contributed by atoms with Crippen molar-refractivity contribution >= 4 is 34.8 Å². The molecule has 3 aromatic carbocycles. The largest absolute Gasteiger partial charge is 0.322 e. The Morgan fingerprint density at radius 3 is 2.53 bits per heavy atom. The summed E-state index contributed by atoms with van der Waals surface area (Å²) in [4.78, 5) is 29.9. The number of nitrogens with zero attached hydrogens (tertiary/aromatic N) is 2. The summed E-state index contributed by atoms with van der Waals surface area (Å²) >= 11 is 6.51. The van der Waals surface area contributed by atoms with Crippen LogP contribution in [0.5, 0.6) is 0 Å². The van der Waals surface area contributed by atoms with Gasteiger partial charge in [-0.15, -0.1) is 0 Å². The molecular weight excluding hydrogens is 453 g/mol. The molecule has 0 bridgehead atoms. The van der Waals surface area contributed by atoms with Crippen LogP contribution in [0, 0.1) is 12.7 Å². The van der Waals surface area contributed by atoms with Crippen LogP contribution < -0.4 is 10.2 Å². The van der Waals surface area contributed by atoms with E-state index in [4.69, 9.17) is 11.6 Å². The maximum absolute atomic E-state index is 14.1. The van der Waals surface area contributed by atoms with Gasteiger partial charge in [0.25, 0.3) is 11.8 Å². The highest BCUT2D eigenvalue weighted by Crippen LogP contribution is 2.37. The molecule has 0 aromatic heterocycles. The molecule has 0 radical (unpaired) electrons. The van der Waals surface area contributed by atoms with E-state index in [1.54, 1.807) is 35.2 Å². The van der Waals surface area contributed by atoms with E-state index in [0.717, 1.165) is 24.0 Å². The number of fused-ring (bicyclic) bond motifs is 1. The second kappa shape index (κ2) is 9.95. The highest BCUT2D eigenvalue weighted by atomic mass is 35.5. The predicted molar refractivity (Wildman–Crippen MR) is 134 cm³/mol. The SMILES string of the molecule is Cc1ccccc1C(=O)Nc1ccc(C(=O)N2CCCC(N(C)C)c3cc(F)ccc32)c(Cl)c1. The fraction of sp³-hybridized carbons (Fsp3) is 0.259. The Bertz CT molecular complexity index is 1240. The molecule has 0 saturated heterocycles. The van der Waals surface area contributed by atoms with Gasteiger partial charge in [0.15, 0.2) is 0 Å². The molecule has 7 heteroatoms. The van der Waals surface area contributed by atoms with E-state index in [9.17, 15) is 14.0 Å². The van der Waals surface area contributed by atoms with Crippen LogP contribution in [-0.2, 0) is 0 Å². The summed E-state index contributed by atoms with van der Waals surface area (Å²) in [6, 6.07) is 16.7. The molecule has 3 aromatic rings. The van der Waals surface area contributed by atoms with Gasteiger partial charge in [-0.1, -0.05) is 29.8 Å². The lowest BCUT2D eigenvalue weighted by Gasteiger charge is -2.27. The summed E-state index contributed by atoms with van der Waals surface area (Å²) in [6.45, 7) is 2.37. The maximum Gasteiger partial charge on any atom is 0.259 e. The molecule has 2 amide bonds. The maximum atomic E-state index is 14.1. The van der Waals surface area contributed by atoms with Crippen LogP contribution in [-0.4, -0.2) is 37.4 Å². The van der Waals surface area contributed by atoms with Gasteiger partial charge in [-0.05, 0) is 87.5 Å². The number of benzene rings is 3. The molecule has 1 aliphatic rings. The fourth-order valence-electron chi connectivity index (χ4n) is 4.44. The summed E-state index contributed by atoms with van der Waals surface area (Å²) in [7, 11) is 3.91. The molecule has 0 aliphatic carbocycles. The van der Waals surface area contributed by atoms with Crippen molar-refractivity contribution in [3.05, 3.63) is 93.8 Å². The second-order valence-electron chi connectivity index (χ2n) is 8.75. The van der Waals surface area contributed by atoms with E-state index < -0.39 is 0 Å². The molecule has 34 heavy (non-hydrogen) atoms. The van der Waals surface area contributed by atoms with Crippen LogP contribution >= 0.6 is 11.6 Å². The Labute approximate surface area is 204 Å². The summed E-state index contributed by atoms with van der Waals surface area (Å²) in [5.41, 5.74) is 3.74. The molecule has 1 atom stereocenters. The Kier molecular flexibility index (Phi) is 7.00. The minimum Gasteiger partial charge on any atom is -0.322 e. The molecule has 0 fully saturated rings. The third-order valence-electron chi connectivity index (χ3n) is 6.21. The van der Waals surface area contributed by atoms with E-state index in [1.807, 2.05) is 44.1 Å². The molecule has 5 nitrogen and oxygen atoms in total. The average Bonchev–Trinajstić information content (AvgIpc) is 2.98. The highest BCUT2D eigenvalue weighted by Gasteiger charge is 2.29. The average molecular weight is 480 g/mol. The number of rotatable bonds is 4. The summed E-state index contributed by atoms with van der Waals surface area (Å²) in [5, 5.41) is 3.08. The standard InChI is InChI=1S/C27H27ClFN3O2/c1-17-7-4-5-8-20(17)26(33)30-19-11-12-21(23(28)16-19)27(34)32-14-6-9-24(31(2)3)22-15-18(29)10-13-25(22)32/h4-5,7-8,10-13,15-16,24H,6,9,14H2,1-3H3,(H,30,33). The second-order valence-corrected chi connectivity index (χ2v) is 9.15. The fourth-order valence-corrected chi connectivity index (χ4v) is 4.70. The zero-order chi connectivity index (χ0) is 24.4. The number of anilines is 2. The number of aryl methyl sites for hydroxylation is 1. The number of hydrogen-bond donors (Lipinski definition) is 1. The molecule has 1 heterocycles. The topological polar surface area (TPSA) is 52.7 Å². The monoisotopic (exact) mass is 479 g/mol. The number of carbonyl (C=O) groups excluding carboxylic acids is 2. The number of hydrogen-bond acceptors (Lipinski definition) is 3. The van der Waals surface area contributed by atoms with Crippen molar-refractivity contribution in [1.29, 1.82) is 0 Å².